The molecule has 1 amide bonds. The Balaban J connectivity index is 2.48. The number of nitrogens with one attached hydrogen (secondary N) is 3. The van der Waals surface area contributed by atoms with Crippen LogP contribution in [-0.2, 0) is 6.54 Å². The molecule has 0 aliphatic rings. The molecule has 0 saturated heterocycles. The summed E-state index contributed by atoms with van der Waals surface area (Å²) in [7, 11) is 1.77. The third-order valence-corrected chi connectivity index (χ3v) is 3.86. The predicted molar refractivity (Wildman–Crippen MR) is 111 cm³/mol. The Morgan fingerprint density at radius 1 is 1.15 bits per heavy atom. The number of carbonyl (C=O) groups excluding carboxylic acids is 1. The van der Waals surface area contributed by atoms with Crippen LogP contribution in [0.1, 0.15) is 69.8 Å². The van der Waals surface area contributed by atoms with E-state index in [0.29, 0.717) is 12.1 Å². The van der Waals surface area contributed by atoms with E-state index >= 15 is 0 Å². The lowest BCUT2D eigenvalue weighted by molar-refractivity contribution is 0.0919. The standard InChI is InChI=1S/C21H36N4O/c1-16(2)10-7-8-13-23-20(22-6)24-15-17-11-9-12-18(14-17)19(26)25-21(3,4)5/h9,11-12,14,16H,7-8,10,13,15H2,1-6H3,(H,25,26)(H2,22,23,24). The minimum atomic E-state index is -0.243. The summed E-state index contributed by atoms with van der Waals surface area (Å²) in [6.45, 7) is 12.0. The average Bonchev–Trinajstić information content (AvgIpc) is 2.55. The second kappa shape index (κ2) is 10.8. The van der Waals surface area contributed by atoms with Crippen LogP contribution in [0.3, 0.4) is 0 Å². The van der Waals surface area contributed by atoms with Crippen LogP contribution in [0.4, 0.5) is 0 Å². The first-order valence-electron chi connectivity index (χ1n) is 9.57. The van der Waals surface area contributed by atoms with E-state index in [0.717, 1.165) is 30.4 Å². The van der Waals surface area contributed by atoms with E-state index < -0.39 is 0 Å². The second-order valence-electron chi connectivity index (χ2n) is 8.15. The molecule has 0 fully saturated rings. The van der Waals surface area contributed by atoms with Crippen molar-refractivity contribution in [1.82, 2.24) is 16.0 Å². The number of carbonyl (C=O) groups is 1. The van der Waals surface area contributed by atoms with Crippen molar-refractivity contribution in [2.24, 2.45) is 10.9 Å². The van der Waals surface area contributed by atoms with Crippen molar-refractivity contribution in [3.63, 3.8) is 0 Å². The lowest BCUT2D eigenvalue weighted by Crippen LogP contribution is -2.40. The van der Waals surface area contributed by atoms with Crippen molar-refractivity contribution in [1.29, 1.82) is 0 Å². The van der Waals surface area contributed by atoms with Crippen molar-refractivity contribution in [2.45, 2.75) is 66.0 Å². The molecule has 0 saturated carbocycles. The summed E-state index contributed by atoms with van der Waals surface area (Å²) in [4.78, 5) is 16.5. The van der Waals surface area contributed by atoms with Gasteiger partial charge in [-0.15, -0.1) is 0 Å². The van der Waals surface area contributed by atoms with Gasteiger partial charge in [0.15, 0.2) is 5.96 Å². The zero-order valence-electron chi connectivity index (χ0n) is 17.3. The minimum Gasteiger partial charge on any atom is -0.356 e. The summed E-state index contributed by atoms with van der Waals surface area (Å²) < 4.78 is 0. The SMILES string of the molecule is CN=C(NCCCCC(C)C)NCc1cccc(C(=O)NC(C)(C)C)c1. The number of rotatable bonds is 8. The third-order valence-electron chi connectivity index (χ3n) is 3.86. The number of aliphatic imine (C=N–C) groups is 1. The van der Waals surface area contributed by atoms with E-state index in [1.54, 1.807) is 7.05 Å². The smallest absolute Gasteiger partial charge is 0.251 e. The highest BCUT2D eigenvalue weighted by molar-refractivity contribution is 5.94. The molecule has 5 nitrogen and oxygen atoms in total. The van der Waals surface area contributed by atoms with Gasteiger partial charge < -0.3 is 16.0 Å². The number of unbranched alkanes of at least 4 members (excludes halogenated alkanes) is 1. The van der Waals surface area contributed by atoms with E-state index in [1.165, 1.54) is 12.8 Å². The first-order valence-corrected chi connectivity index (χ1v) is 9.57. The van der Waals surface area contributed by atoms with Crippen LogP contribution < -0.4 is 16.0 Å². The molecule has 0 spiro atoms. The molecule has 146 valence electrons. The average molecular weight is 361 g/mol. The van der Waals surface area contributed by atoms with Crippen molar-refractivity contribution < 1.29 is 4.79 Å². The lowest BCUT2D eigenvalue weighted by Gasteiger charge is -2.20. The van der Waals surface area contributed by atoms with Gasteiger partial charge in [0.1, 0.15) is 0 Å². The number of guanidine groups is 1. The highest BCUT2D eigenvalue weighted by Gasteiger charge is 2.15. The van der Waals surface area contributed by atoms with Gasteiger partial charge in [-0.2, -0.15) is 0 Å². The van der Waals surface area contributed by atoms with Crippen LogP contribution in [0.2, 0.25) is 0 Å². The highest BCUT2D eigenvalue weighted by Crippen LogP contribution is 2.08. The first kappa shape index (κ1) is 22.0. The molecule has 0 aliphatic heterocycles. The fourth-order valence-electron chi connectivity index (χ4n) is 2.53. The molecule has 26 heavy (non-hydrogen) atoms. The largest absolute Gasteiger partial charge is 0.356 e. The van der Waals surface area contributed by atoms with E-state index in [9.17, 15) is 4.79 Å². The lowest BCUT2D eigenvalue weighted by atomic mass is 10.1. The zero-order chi connectivity index (χ0) is 19.6. The second-order valence-corrected chi connectivity index (χ2v) is 8.15. The number of amides is 1. The molecule has 0 aliphatic carbocycles. The van der Waals surface area contributed by atoms with Crippen LogP contribution in [0.25, 0.3) is 0 Å². The molecule has 0 bridgehead atoms. The van der Waals surface area contributed by atoms with Gasteiger partial charge in [0.25, 0.3) is 5.91 Å². The molecule has 5 heteroatoms. The van der Waals surface area contributed by atoms with Gasteiger partial charge in [-0.05, 0) is 50.8 Å². The Morgan fingerprint density at radius 2 is 1.88 bits per heavy atom. The summed E-state index contributed by atoms with van der Waals surface area (Å²) >= 11 is 0. The van der Waals surface area contributed by atoms with Crippen LogP contribution >= 0.6 is 0 Å². The summed E-state index contributed by atoms with van der Waals surface area (Å²) in [5.41, 5.74) is 1.48. The number of benzene rings is 1. The summed E-state index contributed by atoms with van der Waals surface area (Å²) in [6, 6.07) is 7.68. The van der Waals surface area contributed by atoms with Crippen molar-refractivity contribution >= 4 is 11.9 Å². The molecule has 1 aromatic carbocycles. The van der Waals surface area contributed by atoms with Gasteiger partial charge in [-0.1, -0.05) is 38.8 Å². The number of hydrogen-bond acceptors (Lipinski definition) is 2. The van der Waals surface area contributed by atoms with Crippen LogP contribution in [0, 0.1) is 5.92 Å². The van der Waals surface area contributed by atoms with Gasteiger partial charge in [0.2, 0.25) is 0 Å². The van der Waals surface area contributed by atoms with E-state index in [4.69, 9.17) is 0 Å². The van der Waals surface area contributed by atoms with Crippen LogP contribution in [0.15, 0.2) is 29.3 Å². The van der Waals surface area contributed by atoms with Gasteiger partial charge in [0, 0.05) is 31.2 Å². The molecule has 1 aromatic rings. The van der Waals surface area contributed by atoms with Crippen LogP contribution in [-0.4, -0.2) is 31.0 Å². The van der Waals surface area contributed by atoms with Gasteiger partial charge in [-0.3, -0.25) is 9.79 Å². The van der Waals surface area contributed by atoms with E-state index in [1.807, 2.05) is 45.0 Å². The molecule has 0 aromatic heterocycles. The van der Waals surface area contributed by atoms with Crippen molar-refractivity contribution in [2.75, 3.05) is 13.6 Å². The van der Waals surface area contributed by atoms with Crippen molar-refractivity contribution in [3.8, 4) is 0 Å². The maximum atomic E-state index is 12.3. The maximum absolute atomic E-state index is 12.3. The molecule has 0 atom stereocenters. The maximum Gasteiger partial charge on any atom is 0.251 e. The van der Waals surface area contributed by atoms with E-state index in [2.05, 4.69) is 34.8 Å². The molecule has 0 unspecified atom stereocenters. The molecular formula is C21H36N4O. The zero-order valence-corrected chi connectivity index (χ0v) is 17.3. The Bertz CT molecular complexity index is 588. The molecule has 0 radical (unpaired) electrons. The predicted octanol–water partition coefficient (Wildman–Crippen LogP) is 3.71. The number of hydrogen-bond donors (Lipinski definition) is 3. The van der Waals surface area contributed by atoms with Gasteiger partial charge >= 0.3 is 0 Å². The molecule has 1 rings (SSSR count). The van der Waals surface area contributed by atoms with Gasteiger partial charge in [0.05, 0.1) is 0 Å². The summed E-state index contributed by atoms with van der Waals surface area (Å²) in [5, 5.41) is 9.64. The number of nitrogens with zero attached hydrogens (tertiary/aromatic N) is 1. The molecule has 0 heterocycles. The Hall–Kier alpha value is -2.04. The quantitative estimate of drug-likeness (QED) is 0.376. The monoisotopic (exact) mass is 360 g/mol. The Morgan fingerprint density at radius 3 is 2.50 bits per heavy atom. The van der Waals surface area contributed by atoms with Gasteiger partial charge in [-0.25, -0.2) is 0 Å². The normalized spacial score (nSPS) is 12.2. The van der Waals surface area contributed by atoms with E-state index in [-0.39, 0.29) is 11.4 Å². The molecule has 3 N–H and O–H groups in total. The summed E-state index contributed by atoms with van der Waals surface area (Å²) in [6.07, 6.45) is 3.63. The fourth-order valence-corrected chi connectivity index (χ4v) is 2.53. The Labute approximate surface area is 159 Å². The van der Waals surface area contributed by atoms with Crippen molar-refractivity contribution in [3.05, 3.63) is 35.4 Å². The van der Waals surface area contributed by atoms with Crippen LogP contribution in [0.5, 0.6) is 0 Å². The first-order chi connectivity index (χ1) is 12.2. The fraction of sp³-hybridized carbons (Fsp3) is 0.619. The summed E-state index contributed by atoms with van der Waals surface area (Å²) in [5.74, 6) is 1.50. The highest BCUT2D eigenvalue weighted by atomic mass is 16.1. The third kappa shape index (κ3) is 9.44. The topological polar surface area (TPSA) is 65.5 Å². The minimum absolute atomic E-state index is 0.0491. The Kier molecular flexibility index (Phi) is 9.17. The molecular weight excluding hydrogens is 324 g/mol.